The third-order valence-electron chi connectivity index (χ3n) is 9.74. The summed E-state index contributed by atoms with van der Waals surface area (Å²) in [5.74, 6) is 0. The molecule has 8 nitrogen and oxygen atoms in total. The number of nitrogens with two attached hydrogens (primary N) is 1. The number of nitrogens with zero attached hydrogens (tertiary/aromatic N) is 4. The van der Waals surface area contributed by atoms with Crippen LogP contribution in [0.25, 0.3) is 21.8 Å². The zero-order valence-corrected chi connectivity index (χ0v) is 36.6. The van der Waals surface area contributed by atoms with Crippen molar-refractivity contribution in [2.24, 2.45) is 0 Å². The second kappa shape index (κ2) is 18.7. The van der Waals surface area contributed by atoms with Crippen molar-refractivity contribution in [3.63, 3.8) is 0 Å². The van der Waals surface area contributed by atoms with Gasteiger partial charge in [0.15, 0.2) is 0 Å². The average Bonchev–Trinajstić information content (AvgIpc) is 3.18. The van der Waals surface area contributed by atoms with E-state index in [0.29, 0.717) is 10.0 Å². The zero-order valence-electron chi connectivity index (χ0n) is 31.2. The fraction of sp³-hybridized carbons (Fsp3) is 0.286. The molecule has 0 atom stereocenters. The van der Waals surface area contributed by atoms with Crippen LogP contribution in [0.1, 0.15) is 22.5 Å². The minimum absolute atomic E-state index is 0.646. The number of benzene rings is 4. The van der Waals surface area contributed by atoms with Crippen LogP contribution in [0.2, 0.25) is 15.1 Å². The lowest BCUT2D eigenvalue weighted by atomic mass is 10.1. The van der Waals surface area contributed by atoms with Crippen LogP contribution in [0.3, 0.4) is 0 Å². The van der Waals surface area contributed by atoms with E-state index >= 15 is 0 Å². The van der Waals surface area contributed by atoms with E-state index in [0.717, 1.165) is 134 Å². The van der Waals surface area contributed by atoms with E-state index in [-0.39, 0.29) is 0 Å². The number of nitrogens with one attached hydrogen (secondary N) is 1. The molecule has 2 aromatic heterocycles. The zero-order chi connectivity index (χ0) is 39.2. The molecule has 0 bridgehead atoms. The van der Waals surface area contributed by atoms with Gasteiger partial charge < -0.3 is 30.3 Å². The van der Waals surface area contributed by atoms with E-state index in [9.17, 15) is 0 Å². The van der Waals surface area contributed by atoms with Crippen LogP contribution in [-0.2, 0) is 9.47 Å². The van der Waals surface area contributed by atoms with Crippen LogP contribution in [-0.4, -0.2) is 62.6 Å². The third kappa shape index (κ3) is 9.79. The first-order chi connectivity index (χ1) is 26.4. The quantitative estimate of drug-likeness (QED) is 0.169. The van der Waals surface area contributed by atoms with Crippen LogP contribution in [0.15, 0.2) is 81.7 Å². The SMILES string of the molecule is Cc1nc2c(Cl)cccc2c(Cl)c1C.Cc1nc2c(Cl)cccc2c(Nc2cc(Br)ccc2N2CCOCC2)c1C.Nc1cc(Br)ccc1N1CCOCC1. The number of pyridine rings is 2. The summed E-state index contributed by atoms with van der Waals surface area (Å²) in [6.45, 7) is 14.7. The van der Waals surface area contributed by atoms with Gasteiger partial charge in [-0.2, -0.15) is 0 Å². The number of ether oxygens (including phenoxy) is 2. The van der Waals surface area contributed by atoms with E-state index in [1.165, 1.54) is 5.69 Å². The van der Waals surface area contributed by atoms with Gasteiger partial charge in [-0.15, -0.1) is 0 Å². The van der Waals surface area contributed by atoms with E-state index in [4.69, 9.17) is 55.0 Å². The molecule has 0 spiro atoms. The number of morpholine rings is 2. The molecule has 4 heterocycles. The molecule has 6 aromatic rings. The van der Waals surface area contributed by atoms with Gasteiger partial charge in [0.1, 0.15) is 0 Å². The molecule has 8 rings (SSSR count). The molecule has 2 aliphatic rings. The minimum Gasteiger partial charge on any atom is -0.397 e. The Hall–Kier alpha value is -3.35. The van der Waals surface area contributed by atoms with Gasteiger partial charge in [0.05, 0.1) is 81.0 Å². The van der Waals surface area contributed by atoms with E-state index in [1.807, 2.05) is 69.3 Å². The van der Waals surface area contributed by atoms with Crippen LogP contribution in [0.5, 0.6) is 0 Å². The smallest absolute Gasteiger partial charge is 0.0912 e. The van der Waals surface area contributed by atoms with Crippen LogP contribution in [0.4, 0.5) is 28.4 Å². The minimum atomic E-state index is 0.646. The lowest BCUT2D eigenvalue weighted by molar-refractivity contribution is 0.122. The Labute approximate surface area is 354 Å². The van der Waals surface area contributed by atoms with Crippen molar-refractivity contribution in [3.8, 4) is 0 Å². The molecule has 4 aromatic carbocycles. The number of halogens is 5. The van der Waals surface area contributed by atoms with Gasteiger partial charge in [-0.3, -0.25) is 9.97 Å². The summed E-state index contributed by atoms with van der Waals surface area (Å²) >= 11 is 25.7. The average molecular weight is 930 g/mol. The van der Waals surface area contributed by atoms with Gasteiger partial charge in [-0.1, -0.05) is 90.9 Å². The molecule has 2 fully saturated rings. The molecule has 288 valence electrons. The van der Waals surface area contributed by atoms with Gasteiger partial charge in [0, 0.05) is 57.3 Å². The van der Waals surface area contributed by atoms with Gasteiger partial charge >= 0.3 is 0 Å². The van der Waals surface area contributed by atoms with Crippen LogP contribution in [0, 0.1) is 27.7 Å². The van der Waals surface area contributed by atoms with Crippen molar-refractivity contribution in [2.45, 2.75) is 27.7 Å². The first kappa shape index (κ1) is 41.3. The summed E-state index contributed by atoms with van der Waals surface area (Å²) in [5.41, 5.74) is 16.8. The number of hydrogen-bond donors (Lipinski definition) is 2. The number of para-hydroxylation sites is 2. The normalized spacial score (nSPS) is 14.3. The van der Waals surface area contributed by atoms with Crippen molar-refractivity contribution >= 4 is 117 Å². The molecule has 3 N–H and O–H groups in total. The van der Waals surface area contributed by atoms with Gasteiger partial charge in [0.2, 0.25) is 0 Å². The molecule has 2 aliphatic heterocycles. The lowest BCUT2D eigenvalue weighted by Gasteiger charge is -2.31. The predicted molar refractivity (Wildman–Crippen MR) is 240 cm³/mol. The maximum atomic E-state index is 6.41. The Morgan fingerprint density at radius 1 is 0.636 bits per heavy atom. The molecule has 0 radical (unpaired) electrons. The first-order valence-electron chi connectivity index (χ1n) is 18.0. The number of fused-ring (bicyclic) bond motifs is 2. The van der Waals surface area contributed by atoms with Crippen molar-refractivity contribution in [1.82, 2.24) is 9.97 Å². The highest BCUT2D eigenvalue weighted by Gasteiger charge is 2.18. The molecule has 0 unspecified atom stereocenters. The highest BCUT2D eigenvalue weighted by Crippen LogP contribution is 2.38. The fourth-order valence-electron chi connectivity index (χ4n) is 6.49. The Morgan fingerprint density at radius 2 is 1.13 bits per heavy atom. The number of aromatic nitrogens is 2. The monoisotopic (exact) mass is 926 g/mol. The van der Waals surface area contributed by atoms with E-state index in [1.54, 1.807) is 0 Å². The number of nitrogen functional groups attached to an aromatic ring is 1. The fourth-order valence-corrected chi connectivity index (χ4v) is 7.95. The number of aryl methyl sites for hydroxylation is 2. The number of hydrogen-bond acceptors (Lipinski definition) is 8. The van der Waals surface area contributed by atoms with Crippen LogP contribution >= 0.6 is 66.7 Å². The lowest BCUT2D eigenvalue weighted by Crippen LogP contribution is -2.36. The topological polar surface area (TPSA) is 88.8 Å². The maximum Gasteiger partial charge on any atom is 0.0912 e. The molecule has 13 heteroatoms. The summed E-state index contributed by atoms with van der Waals surface area (Å²) in [7, 11) is 0. The van der Waals surface area contributed by atoms with Crippen LogP contribution < -0.4 is 20.9 Å². The highest BCUT2D eigenvalue weighted by atomic mass is 79.9. The Kier molecular flexibility index (Phi) is 14.1. The molecular formula is C42H43Br2Cl3N6O2. The van der Waals surface area contributed by atoms with Crippen molar-refractivity contribution in [1.29, 1.82) is 0 Å². The number of rotatable bonds is 4. The molecule has 0 aliphatic carbocycles. The summed E-state index contributed by atoms with van der Waals surface area (Å²) in [4.78, 5) is 13.7. The molecule has 55 heavy (non-hydrogen) atoms. The van der Waals surface area contributed by atoms with Crippen molar-refractivity contribution in [3.05, 3.63) is 119 Å². The Bertz CT molecular complexity index is 2320. The Morgan fingerprint density at radius 3 is 1.71 bits per heavy atom. The third-order valence-corrected chi connectivity index (χ3v) is 11.8. The molecule has 0 amide bonds. The van der Waals surface area contributed by atoms with E-state index in [2.05, 4.69) is 83.1 Å². The Balaban J connectivity index is 0.000000155. The largest absolute Gasteiger partial charge is 0.397 e. The summed E-state index contributed by atoms with van der Waals surface area (Å²) in [6, 6.07) is 23.9. The second-order valence-electron chi connectivity index (χ2n) is 13.3. The van der Waals surface area contributed by atoms with Crippen molar-refractivity contribution < 1.29 is 9.47 Å². The predicted octanol–water partition coefficient (Wildman–Crippen LogP) is 11.9. The highest BCUT2D eigenvalue weighted by molar-refractivity contribution is 9.10. The van der Waals surface area contributed by atoms with Gasteiger partial charge in [-0.25, -0.2) is 0 Å². The molecule has 0 saturated carbocycles. The van der Waals surface area contributed by atoms with Gasteiger partial charge in [0.25, 0.3) is 0 Å². The van der Waals surface area contributed by atoms with Gasteiger partial charge in [-0.05, 0) is 87.4 Å². The molecule has 2 saturated heterocycles. The summed E-state index contributed by atoms with van der Waals surface area (Å²) < 4.78 is 12.9. The molecular weight excluding hydrogens is 887 g/mol. The standard InChI is InChI=1S/C21H21BrClN3O.C11H9Cl2N.C10H13BrN2O/c1-13-14(2)24-21-16(4-3-5-17(21)23)20(13)25-18-12-15(22)6-7-19(18)26-8-10-27-11-9-26;1-6-7(2)14-11-8(10(6)13)4-3-5-9(11)12;11-8-1-2-10(9(12)7-8)13-3-5-14-6-4-13/h3-7,12H,8-11H2,1-2H3,(H,24,25);3-5H,1-2H3;1-2,7H,3-6,12H2. The van der Waals surface area contributed by atoms with E-state index < -0.39 is 0 Å². The summed E-state index contributed by atoms with van der Waals surface area (Å²) in [6.07, 6.45) is 0. The van der Waals surface area contributed by atoms with Crippen molar-refractivity contribution in [2.75, 3.05) is 73.5 Å². The second-order valence-corrected chi connectivity index (χ2v) is 16.3. The first-order valence-corrected chi connectivity index (χ1v) is 20.7. The summed E-state index contributed by atoms with van der Waals surface area (Å²) in [5, 5.41) is 7.68. The maximum absolute atomic E-state index is 6.41. The number of anilines is 5.